The number of ether oxygens (including phenoxy) is 1. The molecular formula is C17H19N3O6S2. The van der Waals surface area contributed by atoms with E-state index in [2.05, 4.69) is 5.32 Å². The number of hydrogen-bond acceptors (Lipinski definition) is 7. The van der Waals surface area contributed by atoms with Gasteiger partial charge in [-0.3, -0.25) is 14.9 Å². The van der Waals surface area contributed by atoms with Crippen molar-refractivity contribution in [2.24, 2.45) is 5.92 Å². The first-order valence-electron chi connectivity index (χ1n) is 8.50. The van der Waals surface area contributed by atoms with Crippen molar-refractivity contribution in [1.82, 2.24) is 4.31 Å². The number of nitrogens with zero attached hydrogens (tertiary/aromatic N) is 2. The highest BCUT2D eigenvalue weighted by atomic mass is 32.2. The lowest BCUT2D eigenvalue weighted by atomic mass is 9.98. The maximum atomic E-state index is 12.7. The zero-order valence-corrected chi connectivity index (χ0v) is 16.7. The summed E-state index contributed by atoms with van der Waals surface area (Å²) in [4.78, 5) is 23.3. The Bertz CT molecular complexity index is 975. The van der Waals surface area contributed by atoms with Crippen LogP contribution in [0, 0.1) is 16.0 Å². The van der Waals surface area contributed by atoms with Crippen molar-refractivity contribution in [3.8, 4) is 5.75 Å². The molecule has 0 aliphatic carbocycles. The zero-order chi connectivity index (χ0) is 20.3. The fraction of sp³-hybridized carbons (Fsp3) is 0.353. The number of benzene rings is 1. The molecule has 0 spiro atoms. The van der Waals surface area contributed by atoms with Crippen LogP contribution in [0.5, 0.6) is 5.75 Å². The lowest BCUT2D eigenvalue weighted by Gasteiger charge is -2.30. The van der Waals surface area contributed by atoms with Crippen molar-refractivity contribution >= 4 is 38.6 Å². The third-order valence-corrected chi connectivity index (χ3v) is 7.74. The molecule has 28 heavy (non-hydrogen) atoms. The Hall–Kier alpha value is -2.50. The second-order valence-corrected chi connectivity index (χ2v) is 9.38. The fourth-order valence-electron chi connectivity index (χ4n) is 3.04. The lowest BCUT2D eigenvalue weighted by molar-refractivity contribution is -0.384. The molecule has 3 rings (SSSR count). The molecule has 9 nitrogen and oxygen atoms in total. The normalized spacial score (nSPS) is 17.8. The molecule has 1 atom stereocenters. The van der Waals surface area contributed by atoms with E-state index in [4.69, 9.17) is 4.74 Å². The minimum Gasteiger partial charge on any atom is -0.496 e. The van der Waals surface area contributed by atoms with Crippen molar-refractivity contribution in [3.63, 3.8) is 0 Å². The van der Waals surface area contributed by atoms with Crippen LogP contribution in [0.1, 0.15) is 12.8 Å². The number of nitro groups is 1. The summed E-state index contributed by atoms with van der Waals surface area (Å²) < 4.78 is 31.9. The van der Waals surface area contributed by atoms with Crippen molar-refractivity contribution in [1.29, 1.82) is 0 Å². The highest BCUT2D eigenvalue weighted by molar-refractivity contribution is 7.91. The van der Waals surface area contributed by atoms with E-state index in [1.165, 1.54) is 35.7 Å². The van der Waals surface area contributed by atoms with E-state index in [9.17, 15) is 23.3 Å². The minimum absolute atomic E-state index is 0.0377. The standard InChI is InChI=1S/C17H19N3O6S2/c1-26-13-6-7-14(15(10-13)20(22)23)18-17(21)12-4-2-8-19(11-12)28(24,25)16-5-3-9-27-16/h3,5-7,9-10,12H,2,4,8,11H2,1H3,(H,18,21). The van der Waals surface area contributed by atoms with Crippen molar-refractivity contribution in [3.05, 3.63) is 45.8 Å². The average molecular weight is 425 g/mol. The van der Waals surface area contributed by atoms with Crippen LogP contribution in [0.4, 0.5) is 11.4 Å². The van der Waals surface area contributed by atoms with Gasteiger partial charge in [0.2, 0.25) is 5.91 Å². The van der Waals surface area contributed by atoms with E-state index >= 15 is 0 Å². The molecule has 2 aromatic rings. The van der Waals surface area contributed by atoms with Gasteiger partial charge >= 0.3 is 0 Å². The van der Waals surface area contributed by atoms with Gasteiger partial charge in [-0.05, 0) is 36.4 Å². The summed E-state index contributed by atoms with van der Waals surface area (Å²) in [5.41, 5.74) is -0.236. The van der Waals surface area contributed by atoms with Gasteiger partial charge in [-0.2, -0.15) is 4.31 Å². The number of carbonyl (C=O) groups excluding carboxylic acids is 1. The van der Waals surface area contributed by atoms with Crippen LogP contribution in [-0.4, -0.2) is 43.8 Å². The van der Waals surface area contributed by atoms with E-state index < -0.39 is 26.8 Å². The molecule has 1 unspecified atom stereocenters. The number of amides is 1. The fourth-order valence-corrected chi connectivity index (χ4v) is 5.71. The number of methoxy groups -OCH3 is 1. The van der Waals surface area contributed by atoms with E-state index in [-0.39, 0.29) is 22.1 Å². The monoisotopic (exact) mass is 425 g/mol. The molecule has 1 aliphatic heterocycles. The third-order valence-electron chi connectivity index (χ3n) is 4.50. The Labute approximate surface area is 166 Å². The van der Waals surface area contributed by atoms with Crippen LogP contribution in [0.3, 0.4) is 0 Å². The quantitative estimate of drug-likeness (QED) is 0.561. The van der Waals surface area contributed by atoms with Crippen LogP contribution in [0.25, 0.3) is 0 Å². The molecule has 11 heteroatoms. The summed E-state index contributed by atoms with van der Waals surface area (Å²) in [5, 5.41) is 15.5. The summed E-state index contributed by atoms with van der Waals surface area (Å²) in [5.74, 6) is -0.736. The maximum absolute atomic E-state index is 12.7. The first-order valence-corrected chi connectivity index (χ1v) is 10.8. The number of sulfonamides is 1. The van der Waals surface area contributed by atoms with Crippen LogP contribution < -0.4 is 10.1 Å². The van der Waals surface area contributed by atoms with Gasteiger partial charge in [0.05, 0.1) is 24.0 Å². The molecular weight excluding hydrogens is 406 g/mol. The summed E-state index contributed by atoms with van der Waals surface area (Å²) in [6.07, 6.45) is 1.04. The molecule has 1 aliphatic rings. The first kappa shape index (κ1) is 20.2. The van der Waals surface area contributed by atoms with Crippen LogP contribution in [0.2, 0.25) is 0 Å². The summed E-state index contributed by atoms with van der Waals surface area (Å²) in [7, 11) is -2.25. The molecule has 1 amide bonds. The van der Waals surface area contributed by atoms with Gasteiger partial charge < -0.3 is 10.1 Å². The summed E-state index contributed by atoms with van der Waals surface area (Å²) in [6, 6.07) is 7.33. The molecule has 1 saturated heterocycles. The Kier molecular flexibility index (Phi) is 5.96. The molecule has 0 radical (unpaired) electrons. The van der Waals surface area contributed by atoms with E-state index in [0.717, 1.165) is 11.3 Å². The van der Waals surface area contributed by atoms with Crippen LogP contribution in [-0.2, 0) is 14.8 Å². The zero-order valence-electron chi connectivity index (χ0n) is 15.0. The highest BCUT2D eigenvalue weighted by Gasteiger charge is 2.34. The number of piperidine rings is 1. The Morgan fingerprint density at radius 2 is 2.18 bits per heavy atom. The SMILES string of the molecule is COc1ccc(NC(=O)C2CCCN(S(=O)(=O)c3cccs3)C2)c([N+](=O)[O-])c1. The molecule has 0 bridgehead atoms. The number of carbonyl (C=O) groups is 1. The maximum Gasteiger partial charge on any atom is 0.296 e. The van der Waals surface area contributed by atoms with Gasteiger partial charge in [0.25, 0.3) is 15.7 Å². The van der Waals surface area contributed by atoms with E-state index in [1.54, 1.807) is 11.4 Å². The lowest BCUT2D eigenvalue weighted by Crippen LogP contribution is -2.43. The number of thiophene rings is 1. The molecule has 1 aromatic heterocycles. The Morgan fingerprint density at radius 3 is 2.82 bits per heavy atom. The van der Waals surface area contributed by atoms with Crippen molar-refractivity contribution in [2.75, 3.05) is 25.5 Å². The Morgan fingerprint density at radius 1 is 1.39 bits per heavy atom. The van der Waals surface area contributed by atoms with E-state index in [0.29, 0.717) is 25.1 Å². The predicted octanol–water partition coefficient (Wildman–Crippen LogP) is 2.70. The summed E-state index contributed by atoms with van der Waals surface area (Å²) >= 11 is 1.13. The van der Waals surface area contributed by atoms with Gasteiger partial charge in [-0.25, -0.2) is 8.42 Å². The number of anilines is 1. The molecule has 2 heterocycles. The molecule has 0 saturated carbocycles. The second-order valence-electron chi connectivity index (χ2n) is 6.26. The van der Waals surface area contributed by atoms with Gasteiger partial charge in [-0.15, -0.1) is 11.3 Å². The Balaban J connectivity index is 1.76. The molecule has 1 fully saturated rings. The van der Waals surface area contributed by atoms with Crippen molar-refractivity contribution < 1.29 is 22.9 Å². The molecule has 1 aromatic carbocycles. The molecule has 1 N–H and O–H groups in total. The topological polar surface area (TPSA) is 119 Å². The smallest absolute Gasteiger partial charge is 0.296 e. The average Bonchev–Trinajstić information content (AvgIpc) is 3.24. The largest absolute Gasteiger partial charge is 0.496 e. The van der Waals surface area contributed by atoms with Crippen LogP contribution >= 0.6 is 11.3 Å². The third kappa shape index (κ3) is 4.16. The number of nitro benzene ring substituents is 1. The predicted molar refractivity (Wildman–Crippen MR) is 104 cm³/mol. The van der Waals surface area contributed by atoms with Crippen molar-refractivity contribution in [2.45, 2.75) is 17.1 Å². The van der Waals surface area contributed by atoms with Gasteiger partial charge in [0.1, 0.15) is 15.6 Å². The molecule has 150 valence electrons. The number of nitrogens with one attached hydrogen (secondary N) is 1. The van der Waals surface area contributed by atoms with Crippen LogP contribution in [0.15, 0.2) is 39.9 Å². The highest BCUT2D eigenvalue weighted by Crippen LogP contribution is 2.31. The first-order chi connectivity index (χ1) is 13.3. The summed E-state index contributed by atoms with van der Waals surface area (Å²) in [6.45, 7) is 0.378. The number of rotatable bonds is 6. The minimum atomic E-state index is -3.64. The van der Waals surface area contributed by atoms with Gasteiger partial charge in [-0.1, -0.05) is 6.07 Å². The number of hydrogen-bond donors (Lipinski definition) is 1. The van der Waals surface area contributed by atoms with E-state index in [1.807, 2.05) is 0 Å². The van der Waals surface area contributed by atoms with Gasteiger partial charge in [0.15, 0.2) is 0 Å². The van der Waals surface area contributed by atoms with Gasteiger partial charge in [0, 0.05) is 13.1 Å². The second kappa shape index (κ2) is 8.25.